The molecule has 1 aliphatic rings. The fourth-order valence-corrected chi connectivity index (χ4v) is 5.06. The summed E-state index contributed by atoms with van der Waals surface area (Å²) in [6.45, 7) is 6.55. The summed E-state index contributed by atoms with van der Waals surface area (Å²) in [4.78, 5) is 14.0. The van der Waals surface area contributed by atoms with Gasteiger partial charge in [-0.15, -0.1) is 0 Å². The molecule has 1 heterocycles. The predicted octanol–water partition coefficient (Wildman–Crippen LogP) is 0.632. The van der Waals surface area contributed by atoms with Crippen LogP contribution in [0.4, 0.5) is 0 Å². The van der Waals surface area contributed by atoms with Crippen LogP contribution in [0.1, 0.15) is 18.1 Å². The molecule has 29 heavy (non-hydrogen) atoms. The number of carbonyl (C=O) groups excluding carboxylic acids is 1. The van der Waals surface area contributed by atoms with Gasteiger partial charge in [-0.05, 0) is 38.0 Å². The molecular weight excluding hydrogens is 386 g/mol. The van der Waals surface area contributed by atoms with Crippen molar-refractivity contribution in [3.05, 3.63) is 65.7 Å². The van der Waals surface area contributed by atoms with E-state index in [0.29, 0.717) is 37.6 Å². The van der Waals surface area contributed by atoms with Crippen LogP contribution in [0.3, 0.4) is 0 Å². The maximum absolute atomic E-state index is 12.8. The maximum atomic E-state index is 12.8. The van der Waals surface area contributed by atoms with Crippen LogP contribution in [-0.2, 0) is 21.2 Å². The third-order valence-corrected chi connectivity index (χ3v) is 7.50. The SMILES string of the molecule is Cc1ccc(S(=O)(=O)N2CC[NH+]([C@@H](C)C(=O)NCCc3ccccc3)CC2)cc1. The van der Waals surface area contributed by atoms with E-state index in [0.717, 1.165) is 16.9 Å². The van der Waals surface area contributed by atoms with Gasteiger partial charge >= 0.3 is 0 Å². The molecule has 156 valence electrons. The fourth-order valence-electron chi connectivity index (χ4n) is 3.62. The Morgan fingerprint density at radius 2 is 1.69 bits per heavy atom. The van der Waals surface area contributed by atoms with Gasteiger partial charge in [0.25, 0.3) is 5.91 Å². The Labute approximate surface area is 173 Å². The van der Waals surface area contributed by atoms with Gasteiger partial charge in [-0.2, -0.15) is 4.31 Å². The minimum atomic E-state index is -3.47. The first kappa shape index (κ1) is 21.5. The molecule has 0 unspecified atom stereocenters. The minimum absolute atomic E-state index is 0.0192. The number of hydrogen-bond acceptors (Lipinski definition) is 3. The van der Waals surface area contributed by atoms with Gasteiger partial charge in [-0.25, -0.2) is 8.42 Å². The van der Waals surface area contributed by atoms with E-state index in [-0.39, 0.29) is 11.9 Å². The fraction of sp³-hybridized carbons (Fsp3) is 0.409. The minimum Gasteiger partial charge on any atom is -0.351 e. The second-order valence-corrected chi connectivity index (χ2v) is 9.56. The first-order chi connectivity index (χ1) is 13.9. The van der Waals surface area contributed by atoms with Crippen LogP contribution in [0, 0.1) is 6.92 Å². The van der Waals surface area contributed by atoms with Gasteiger partial charge in [0, 0.05) is 6.54 Å². The van der Waals surface area contributed by atoms with Crippen LogP contribution in [0.5, 0.6) is 0 Å². The summed E-state index contributed by atoms with van der Waals surface area (Å²) < 4.78 is 27.2. The molecule has 1 amide bonds. The standard InChI is InChI=1S/C22H29N3O3S/c1-18-8-10-21(11-9-18)29(27,28)25-16-14-24(15-17-25)19(2)22(26)23-13-12-20-6-4-3-5-7-20/h3-11,19H,12-17H2,1-2H3,(H,23,26)/p+1/t19-/m0/s1. The Kier molecular flexibility index (Phi) is 7.05. The van der Waals surface area contributed by atoms with E-state index in [9.17, 15) is 13.2 Å². The highest BCUT2D eigenvalue weighted by atomic mass is 32.2. The normalized spacial score (nSPS) is 17.0. The van der Waals surface area contributed by atoms with E-state index in [4.69, 9.17) is 0 Å². The number of amides is 1. The Hall–Kier alpha value is -2.22. The van der Waals surface area contributed by atoms with Crippen molar-refractivity contribution in [3.63, 3.8) is 0 Å². The van der Waals surface area contributed by atoms with Gasteiger partial charge in [0.05, 0.1) is 31.1 Å². The number of piperazine rings is 1. The van der Waals surface area contributed by atoms with E-state index in [1.807, 2.05) is 44.2 Å². The molecule has 1 aliphatic heterocycles. The zero-order chi connectivity index (χ0) is 20.9. The van der Waals surface area contributed by atoms with Crippen molar-refractivity contribution in [3.8, 4) is 0 Å². The molecule has 2 N–H and O–H groups in total. The number of carbonyl (C=O) groups is 1. The van der Waals surface area contributed by atoms with Crippen LogP contribution in [0.15, 0.2) is 59.5 Å². The first-order valence-electron chi connectivity index (χ1n) is 10.1. The highest BCUT2D eigenvalue weighted by molar-refractivity contribution is 7.89. The largest absolute Gasteiger partial charge is 0.351 e. The van der Waals surface area contributed by atoms with Gasteiger partial charge in [-0.1, -0.05) is 48.0 Å². The molecule has 0 spiro atoms. The number of aryl methyl sites for hydroxylation is 1. The summed E-state index contributed by atoms with van der Waals surface area (Å²) in [5, 5.41) is 3.01. The monoisotopic (exact) mass is 416 g/mol. The van der Waals surface area contributed by atoms with Gasteiger partial charge in [-0.3, -0.25) is 4.79 Å². The Morgan fingerprint density at radius 3 is 2.31 bits per heavy atom. The van der Waals surface area contributed by atoms with E-state index >= 15 is 0 Å². The zero-order valence-electron chi connectivity index (χ0n) is 17.1. The summed E-state index contributed by atoms with van der Waals surface area (Å²) in [5.41, 5.74) is 2.23. The maximum Gasteiger partial charge on any atom is 0.278 e. The number of nitrogens with zero attached hydrogens (tertiary/aromatic N) is 1. The summed E-state index contributed by atoms with van der Waals surface area (Å²) in [5.74, 6) is 0.0192. The number of benzene rings is 2. The number of rotatable bonds is 7. The molecule has 0 radical (unpaired) electrons. The Balaban J connectivity index is 1.49. The lowest BCUT2D eigenvalue weighted by atomic mass is 10.1. The van der Waals surface area contributed by atoms with Gasteiger partial charge in [0.1, 0.15) is 0 Å². The summed E-state index contributed by atoms with van der Waals surface area (Å²) in [7, 11) is -3.47. The topological polar surface area (TPSA) is 70.9 Å². The lowest BCUT2D eigenvalue weighted by Gasteiger charge is -2.34. The van der Waals surface area contributed by atoms with Crippen molar-refractivity contribution >= 4 is 15.9 Å². The molecule has 0 saturated carbocycles. The third kappa shape index (κ3) is 5.44. The highest BCUT2D eigenvalue weighted by Gasteiger charge is 2.34. The number of nitrogens with one attached hydrogen (secondary N) is 2. The molecule has 3 rings (SSSR count). The Bertz CT molecular complexity index is 906. The molecule has 1 saturated heterocycles. The number of quaternary nitrogens is 1. The molecule has 6 nitrogen and oxygen atoms in total. The molecule has 2 aromatic carbocycles. The molecular formula is C22H30N3O3S+. The number of hydrogen-bond donors (Lipinski definition) is 2. The van der Waals surface area contributed by atoms with Crippen LogP contribution in [0.25, 0.3) is 0 Å². The smallest absolute Gasteiger partial charge is 0.278 e. The average Bonchev–Trinajstić information content (AvgIpc) is 2.74. The van der Waals surface area contributed by atoms with Crippen molar-refractivity contribution < 1.29 is 18.1 Å². The highest BCUT2D eigenvalue weighted by Crippen LogP contribution is 2.16. The molecule has 0 aromatic heterocycles. The van der Waals surface area contributed by atoms with Crippen molar-refractivity contribution in [1.29, 1.82) is 0 Å². The predicted molar refractivity (Wildman–Crippen MR) is 113 cm³/mol. The third-order valence-electron chi connectivity index (χ3n) is 5.58. The van der Waals surface area contributed by atoms with Gasteiger partial charge < -0.3 is 10.2 Å². The van der Waals surface area contributed by atoms with Crippen molar-refractivity contribution in [1.82, 2.24) is 9.62 Å². The average molecular weight is 417 g/mol. The van der Waals surface area contributed by atoms with E-state index < -0.39 is 10.0 Å². The molecule has 1 fully saturated rings. The molecule has 0 aliphatic carbocycles. The zero-order valence-corrected chi connectivity index (χ0v) is 17.9. The second kappa shape index (κ2) is 9.52. The summed E-state index contributed by atoms with van der Waals surface area (Å²) >= 11 is 0. The van der Waals surface area contributed by atoms with E-state index in [2.05, 4.69) is 17.4 Å². The molecule has 7 heteroatoms. The Morgan fingerprint density at radius 1 is 1.07 bits per heavy atom. The lowest BCUT2D eigenvalue weighted by molar-refractivity contribution is -0.917. The summed E-state index contributed by atoms with van der Waals surface area (Å²) in [6, 6.07) is 16.8. The van der Waals surface area contributed by atoms with Gasteiger partial charge in [0.15, 0.2) is 6.04 Å². The van der Waals surface area contributed by atoms with E-state index in [1.54, 1.807) is 12.1 Å². The van der Waals surface area contributed by atoms with Gasteiger partial charge in [0.2, 0.25) is 10.0 Å². The molecule has 1 atom stereocenters. The van der Waals surface area contributed by atoms with Crippen LogP contribution < -0.4 is 10.2 Å². The second-order valence-electron chi connectivity index (χ2n) is 7.62. The number of sulfonamides is 1. The molecule has 0 bridgehead atoms. The molecule has 2 aromatic rings. The lowest BCUT2D eigenvalue weighted by Crippen LogP contribution is -3.19. The van der Waals surface area contributed by atoms with E-state index in [1.165, 1.54) is 9.87 Å². The first-order valence-corrected chi connectivity index (χ1v) is 11.5. The van der Waals surface area contributed by atoms with Crippen molar-refractivity contribution in [2.45, 2.75) is 31.2 Å². The van der Waals surface area contributed by atoms with Crippen LogP contribution in [0.2, 0.25) is 0 Å². The summed E-state index contributed by atoms with van der Waals surface area (Å²) in [6.07, 6.45) is 0.803. The quantitative estimate of drug-likeness (QED) is 0.696. The van der Waals surface area contributed by atoms with Crippen LogP contribution in [-0.4, -0.2) is 57.4 Å². The van der Waals surface area contributed by atoms with Crippen molar-refractivity contribution in [2.24, 2.45) is 0 Å². The van der Waals surface area contributed by atoms with Crippen LogP contribution >= 0.6 is 0 Å². The van der Waals surface area contributed by atoms with Crippen molar-refractivity contribution in [2.75, 3.05) is 32.7 Å².